The Morgan fingerprint density at radius 2 is 2.14 bits per heavy atom. The van der Waals surface area contributed by atoms with Gasteiger partial charge < -0.3 is 5.32 Å². The molecule has 1 aromatic carbocycles. The van der Waals surface area contributed by atoms with Gasteiger partial charge in [-0.15, -0.1) is 0 Å². The average Bonchev–Trinajstić information content (AvgIpc) is 2.40. The van der Waals surface area contributed by atoms with Gasteiger partial charge in [0.1, 0.15) is 0 Å². The number of nitrogens with one attached hydrogen (secondary N) is 2. The first-order chi connectivity index (χ1) is 9.83. The molecule has 1 aromatic rings. The molecule has 2 unspecified atom stereocenters. The third-order valence-corrected chi connectivity index (χ3v) is 5.43. The number of hydrogen-bond acceptors (Lipinski definition) is 5. The van der Waals surface area contributed by atoms with Gasteiger partial charge in [-0.25, -0.2) is 13.1 Å². The monoisotopic (exact) mass is 313 g/mol. The van der Waals surface area contributed by atoms with Gasteiger partial charge in [0.15, 0.2) is 4.90 Å². The molecule has 2 N–H and O–H groups in total. The second-order valence-electron chi connectivity index (χ2n) is 5.38. The number of nitrogens with zero attached hydrogens (tertiary/aromatic N) is 1. The Bertz CT molecular complexity index is 645. The van der Waals surface area contributed by atoms with E-state index >= 15 is 0 Å². The standard InChI is InChI=1S/C13H19N3O4S/c1-9-4-3-5-12(16(17)18)13(9)21(19,20)15-11-6-7-14-8-10(11)2/h3-5,10-11,14-15H,6-8H2,1-2H3. The second-order valence-corrected chi connectivity index (χ2v) is 7.03. The molecule has 2 atom stereocenters. The third-order valence-electron chi connectivity index (χ3n) is 3.75. The fraction of sp³-hybridized carbons (Fsp3) is 0.538. The van der Waals surface area contributed by atoms with Crippen molar-refractivity contribution >= 4 is 15.7 Å². The van der Waals surface area contributed by atoms with Crippen LogP contribution in [0.25, 0.3) is 0 Å². The summed E-state index contributed by atoms with van der Waals surface area (Å²) in [6.07, 6.45) is 0.667. The topological polar surface area (TPSA) is 101 Å². The maximum absolute atomic E-state index is 12.6. The summed E-state index contributed by atoms with van der Waals surface area (Å²) in [5, 5.41) is 14.3. The molecule has 1 aliphatic rings. The van der Waals surface area contributed by atoms with Crippen molar-refractivity contribution in [2.45, 2.75) is 31.2 Å². The fourth-order valence-corrected chi connectivity index (χ4v) is 4.35. The molecule has 0 aliphatic carbocycles. The number of sulfonamides is 1. The van der Waals surface area contributed by atoms with Crippen molar-refractivity contribution in [3.05, 3.63) is 33.9 Å². The molecule has 0 radical (unpaired) electrons. The summed E-state index contributed by atoms with van der Waals surface area (Å²) in [6.45, 7) is 4.97. The summed E-state index contributed by atoms with van der Waals surface area (Å²) in [5.41, 5.74) is -0.0117. The van der Waals surface area contributed by atoms with Crippen molar-refractivity contribution < 1.29 is 13.3 Å². The molecule has 2 rings (SSSR count). The minimum Gasteiger partial charge on any atom is -0.316 e. The average molecular weight is 313 g/mol. The van der Waals surface area contributed by atoms with Crippen LogP contribution in [-0.2, 0) is 10.0 Å². The van der Waals surface area contributed by atoms with Crippen LogP contribution in [0.15, 0.2) is 23.1 Å². The van der Waals surface area contributed by atoms with Crippen molar-refractivity contribution in [3.63, 3.8) is 0 Å². The minimum absolute atomic E-state index is 0.136. The Morgan fingerprint density at radius 1 is 1.43 bits per heavy atom. The molecular formula is C13H19N3O4S. The molecule has 0 bridgehead atoms. The Balaban J connectivity index is 2.38. The lowest BCUT2D eigenvalue weighted by atomic mass is 9.97. The smallest absolute Gasteiger partial charge is 0.289 e. The van der Waals surface area contributed by atoms with E-state index in [1.165, 1.54) is 12.1 Å². The van der Waals surface area contributed by atoms with Crippen LogP contribution in [0.1, 0.15) is 18.9 Å². The van der Waals surface area contributed by atoms with Gasteiger partial charge >= 0.3 is 0 Å². The summed E-state index contributed by atoms with van der Waals surface area (Å²) < 4.78 is 27.7. The van der Waals surface area contributed by atoms with Crippen LogP contribution in [0.4, 0.5) is 5.69 Å². The molecule has 0 amide bonds. The molecule has 0 aromatic heterocycles. The molecule has 0 saturated carbocycles. The lowest BCUT2D eigenvalue weighted by molar-refractivity contribution is -0.387. The molecule has 1 heterocycles. The second kappa shape index (κ2) is 6.08. The highest BCUT2D eigenvalue weighted by atomic mass is 32.2. The largest absolute Gasteiger partial charge is 0.316 e. The third kappa shape index (κ3) is 3.39. The van der Waals surface area contributed by atoms with E-state index in [1.54, 1.807) is 13.0 Å². The van der Waals surface area contributed by atoms with Gasteiger partial charge in [-0.2, -0.15) is 0 Å². The van der Waals surface area contributed by atoms with E-state index in [2.05, 4.69) is 10.0 Å². The van der Waals surface area contributed by atoms with E-state index in [1.807, 2.05) is 6.92 Å². The highest BCUT2D eigenvalue weighted by molar-refractivity contribution is 7.89. The molecule has 1 saturated heterocycles. The zero-order valence-electron chi connectivity index (χ0n) is 12.0. The van der Waals surface area contributed by atoms with E-state index in [-0.39, 0.29) is 22.5 Å². The number of nitro groups is 1. The van der Waals surface area contributed by atoms with Crippen molar-refractivity contribution in [1.29, 1.82) is 0 Å². The van der Waals surface area contributed by atoms with Crippen LogP contribution in [-0.4, -0.2) is 32.5 Å². The molecule has 1 fully saturated rings. The van der Waals surface area contributed by atoms with E-state index in [9.17, 15) is 18.5 Å². The van der Waals surface area contributed by atoms with E-state index < -0.39 is 14.9 Å². The number of benzene rings is 1. The quantitative estimate of drug-likeness (QED) is 0.642. The number of hydrogen-bond donors (Lipinski definition) is 2. The summed E-state index contributed by atoms with van der Waals surface area (Å²) >= 11 is 0. The molecular weight excluding hydrogens is 294 g/mol. The maximum atomic E-state index is 12.6. The molecule has 1 aliphatic heterocycles. The summed E-state index contributed by atoms with van der Waals surface area (Å²) in [4.78, 5) is 10.2. The lowest BCUT2D eigenvalue weighted by Crippen LogP contribution is -2.48. The van der Waals surface area contributed by atoms with Crippen LogP contribution in [0.3, 0.4) is 0 Å². The zero-order valence-corrected chi connectivity index (χ0v) is 12.8. The summed E-state index contributed by atoms with van der Waals surface area (Å²) in [6, 6.07) is 4.05. The van der Waals surface area contributed by atoms with E-state index in [0.29, 0.717) is 12.0 Å². The highest BCUT2D eigenvalue weighted by Crippen LogP contribution is 2.27. The van der Waals surface area contributed by atoms with Crippen LogP contribution < -0.4 is 10.0 Å². The van der Waals surface area contributed by atoms with Gasteiger partial charge in [0, 0.05) is 12.1 Å². The Labute approximate surface area is 123 Å². The first kappa shape index (κ1) is 15.9. The normalized spacial score (nSPS) is 23.0. The Morgan fingerprint density at radius 3 is 2.76 bits per heavy atom. The van der Waals surface area contributed by atoms with Gasteiger partial charge in [0.05, 0.1) is 4.92 Å². The van der Waals surface area contributed by atoms with Gasteiger partial charge in [0.25, 0.3) is 5.69 Å². The molecule has 116 valence electrons. The lowest BCUT2D eigenvalue weighted by Gasteiger charge is -2.30. The molecule has 0 spiro atoms. The number of piperidine rings is 1. The molecule has 7 nitrogen and oxygen atoms in total. The minimum atomic E-state index is -3.92. The van der Waals surface area contributed by atoms with Gasteiger partial charge in [-0.05, 0) is 37.9 Å². The van der Waals surface area contributed by atoms with E-state index in [4.69, 9.17) is 0 Å². The number of rotatable bonds is 4. The zero-order chi connectivity index (χ0) is 15.6. The van der Waals surface area contributed by atoms with Crippen LogP contribution in [0.2, 0.25) is 0 Å². The summed E-state index contributed by atoms with van der Waals surface area (Å²) in [5.74, 6) is 0.136. The maximum Gasteiger partial charge on any atom is 0.289 e. The van der Waals surface area contributed by atoms with Gasteiger partial charge in [-0.1, -0.05) is 19.1 Å². The molecule has 21 heavy (non-hydrogen) atoms. The first-order valence-electron chi connectivity index (χ1n) is 6.80. The first-order valence-corrected chi connectivity index (χ1v) is 8.28. The van der Waals surface area contributed by atoms with Crippen molar-refractivity contribution in [3.8, 4) is 0 Å². The molecule has 8 heteroatoms. The predicted molar refractivity (Wildman–Crippen MR) is 78.6 cm³/mol. The Kier molecular flexibility index (Phi) is 4.60. The summed E-state index contributed by atoms with van der Waals surface area (Å²) in [7, 11) is -3.92. The predicted octanol–water partition coefficient (Wildman–Crippen LogP) is 1.18. The SMILES string of the molecule is Cc1cccc([N+](=O)[O-])c1S(=O)(=O)NC1CCNCC1C. The van der Waals surface area contributed by atoms with E-state index in [0.717, 1.165) is 13.1 Å². The number of nitro benzene ring substituents is 1. The van der Waals surface area contributed by atoms with Gasteiger partial charge in [-0.3, -0.25) is 10.1 Å². The highest BCUT2D eigenvalue weighted by Gasteiger charge is 2.32. The van der Waals surface area contributed by atoms with Crippen molar-refractivity contribution in [2.75, 3.05) is 13.1 Å². The van der Waals surface area contributed by atoms with Crippen LogP contribution in [0, 0.1) is 23.0 Å². The van der Waals surface area contributed by atoms with Gasteiger partial charge in [0.2, 0.25) is 10.0 Å². The van der Waals surface area contributed by atoms with Crippen molar-refractivity contribution in [1.82, 2.24) is 10.0 Å². The van der Waals surface area contributed by atoms with Crippen LogP contribution >= 0.6 is 0 Å². The van der Waals surface area contributed by atoms with Crippen LogP contribution in [0.5, 0.6) is 0 Å². The van der Waals surface area contributed by atoms with Crippen molar-refractivity contribution in [2.24, 2.45) is 5.92 Å². The fourth-order valence-electron chi connectivity index (χ4n) is 2.58. The Hall–Kier alpha value is -1.51. The number of aryl methyl sites for hydroxylation is 1.